The summed E-state index contributed by atoms with van der Waals surface area (Å²) in [6.07, 6.45) is 3.36. The van der Waals surface area contributed by atoms with Crippen LogP contribution in [-0.2, 0) is 32.0 Å². The number of hydrogen-bond donors (Lipinski definition) is 4. The van der Waals surface area contributed by atoms with Crippen molar-refractivity contribution in [3.05, 3.63) is 95.6 Å². The van der Waals surface area contributed by atoms with E-state index in [4.69, 9.17) is 4.74 Å². The van der Waals surface area contributed by atoms with Gasteiger partial charge in [-0.3, -0.25) is 14.4 Å². The zero-order valence-electron chi connectivity index (χ0n) is 29.7. The minimum Gasteiger partial charge on any atom is -0.497 e. The maximum Gasteiger partial charge on any atom is 0.326 e. The quantitative estimate of drug-likeness (QED) is 0.174. The highest BCUT2D eigenvalue weighted by molar-refractivity contribution is 5.88. The van der Waals surface area contributed by atoms with Crippen LogP contribution in [0.3, 0.4) is 0 Å². The summed E-state index contributed by atoms with van der Waals surface area (Å²) in [5.74, 6) is -0.925. The Balaban J connectivity index is 1.40. The van der Waals surface area contributed by atoms with Crippen molar-refractivity contribution in [1.82, 2.24) is 15.5 Å². The molecular formula is C40H50N4O7. The number of carboxylic acid groups (broad SMARTS) is 1. The Kier molecular flexibility index (Phi) is 12.4. The molecule has 2 aliphatic rings. The third-order valence-electron chi connectivity index (χ3n) is 10.3. The topological polar surface area (TPSA) is 149 Å². The standard InChI is InChI=1S/C40H50N4O7/c1-4-10-35(46)44-34(26-29-15-19-32(51-3)20-16-29)37(47)43(36(44)30-11-6-5-7-12-30)31-17-13-28(14-18-31)25-33(38(48)49)42-39(50)40(21-8-9-22-40)23-24-41-27(2)45/h5-7,11-20,33-34,36-37,47H,4,8-10,21-26H2,1-3H3,(H,41,45)(H,42,50)(H,48,49)/t33?,34-,36?,37-/m1/s1. The Morgan fingerprint density at radius 1 is 0.941 bits per heavy atom. The van der Waals surface area contributed by atoms with E-state index in [1.807, 2.05) is 95.6 Å². The molecule has 3 aromatic rings. The molecule has 3 amide bonds. The Labute approximate surface area is 300 Å². The van der Waals surface area contributed by atoms with Gasteiger partial charge in [0, 0.05) is 32.0 Å². The second-order valence-electron chi connectivity index (χ2n) is 13.7. The highest BCUT2D eigenvalue weighted by Gasteiger charge is 2.49. The lowest BCUT2D eigenvalue weighted by atomic mass is 9.81. The molecule has 2 unspecified atom stereocenters. The second kappa shape index (κ2) is 16.9. The van der Waals surface area contributed by atoms with Crippen LogP contribution >= 0.6 is 0 Å². The molecule has 11 heteroatoms. The minimum atomic E-state index is -1.15. The number of aliphatic hydroxyl groups is 1. The lowest BCUT2D eigenvalue weighted by Crippen LogP contribution is -2.49. The third kappa shape index (κ3) is 8.71. The van der Waals surface area contributed by atoms with Gasteiger partial charge >= 0.3 is 5.97 Å². The molecule has 51 heavy (non-hydrogen) atoms. The largest absolute Gasteiger partial charge is 0.497 e. The number of rotatable bonds is 15. The van der Waals surface area contributed by atoms with Crippen LogP contribution in [0.15, 0.2) is 78.9 Å². The van der Waals surface area contributed by atoms with Gasteiger partial charge in [0.15, 0.2) is 0 Å². The number of aliphatic hydroxyl groups excluding tert-OH is 1. The van der Waals surface area contributed by atoms with Crippen molar-refractivity contribution in [2.24, 2.45) is 5.41 Å². The molecule has 272 valence electrons. The van der Waals surface area contributed by atoms with Gasteiger partial charge in [0.25, 0.3) is 0 Å². The van der Waals surface area contributed by atoms with Gasteiger partial charge in [0.1, 0.15) is 24.2 Å². The number of methoxy groups -OCH3 is 1. The van der Waals surface area contributed by atoms with E-state index in [1.165, 1.54) is 6.92 Å². The van der Waals surface area contributed by atoms with E-state index in [1.54, 1.807) is 7.11 Å². The van der Waals surface area contributed by atoms with Crippen molar-refractivity contribution in [3.8, 4) is 5.75 Å². The number of hydrogen-bond acceptors (Lipinski definition) is 7. The van der Waals surface area contributed by atoms with Crippen LogP contribution in [0.1, 0.15) is 81.6 Å². The molecule has 1 heterocycles. The van der Waals surface area contributed by atoms with E-state index in [0.29, 0.717) is 56.3 Å². The lowest BCUT2D eigenvalue weighted by Gasteiger charge is -2.33. The van der Waals surface area contributed by atoms with E-state index in [-0.39, 0.29) is 24.1 Å². The van der Waals surface area contributed by atoms with Crippen LogP contribution in [0.2, 0.25) is 0 Å². The van der Waals surface area contributed by atoms with Crippen LogP contribution in [0.4, 0.5) is 5.69 Å². The van der Waals surface area contributed by atoms with Gasteiger partial charge in [-0.15, -0.1) is 0 Å². The summed E-state index contributed by atoms with van der Waals surface area (Å²) in [5.41, 5.74) is 2.47. The smallest absolute Gasteiger partial charge is 0.326 e. The van der Waals surface area contributed by atoms with Gasteiger partial charge in [0.2, 0.25) is 17.7 Å². The van der Waals surface area contributed by atoms with Crippen LogP contribution in [0.25, 0.3) is 0 Å². The monoisotopic (exact) mass is 698 g/mol. The van der Waals surface area contributed by atoms with E-state index < -0.39 is 35.9 Å². The van der Waals surface area contributed by atoms with Gasteiger partial charge in [0.05, 0.1) is 18.6 Å². The number of nitrogens with one attached hydrogen (secondary N) is 2. The first-order valence-corrected chi connectivity index (χ1v) is 17.9. The predicted octanol–water partition coefficient (Wildman–Crippen LogP) is 4.97. The fraction of sp³-hybridized carbons (Fsp3) is 0.450. The number of benzene rings is 3. The van der Waals surface area contributed by atoms with Gasteiger partial charge in [-0.1, -0.05) is 74.4 Å². The van der Waals surface area contributed by atoms with Crippen LogP contribution in [-0.4, -0.2) is 70.8 Å². The molecule has 3 aromatic carbocycles. The first-order valence-electron chi connectivity index (χ1n) is 17.9. The number of aliphatic carboxylic acids is 1. The van der Waals surface area contributed by atoms with Crippen molar-refractivity contribution in [3.63, 3.8) is 0 Å². The highest BCUT2D eigenvalue weighted by Crippen LogP contribution is 2.43. The first kappa shape index (κ1) is 37.4. The average molecular weight is 699 g/mol. The van der Waals surface area contributed by atoms with Crippen molar-refractivity contribution in [1.29, 1.82) is 0 Å². The Bertz CT molecular complexity index is 1640. The molecule has 4 atom stereocenters. The predicted molar refractivity (Wildman–Crippen MR) is 194 cm³/mol. The van der Waals surface area contributed by atoms with Gasteiger partial charge in [-0.2, -0.15) is 0 Å². The second-order valence-corrected chi connectivity index (χ2v) is 13.7. The fourth-order valence-electron chi connectivity index (χ4n) is 7.57. The van der Waals surface area contributed by atoms with E-state index in [9.17, 15) is 29.4 Å². The summed E-state index contributed by atoms with van der Waals surface area (Å²) in [4.78, 5) is 54.9. The molecule has 0 radical (unpaired) electrons. The normalized spacial score (nSPS) is 20.1. The lowest BCUT2D eigenvalue weighted by molar-refractivity contribution is -0.144. The molecule has 0 spiro atoms. The molecule has 1 aliphatic heterocycles. The molecule has 0 aromatic heterocycles. The van der Waals surface area contributed by atoms with Crippen LogP contribution < -0.4 is 20.3 Å². The Morgan fingerprint density at radius 2 is 1.59 bits per heavy atom. The minimum absolute atomic E-state index is 0.0554. The summed E-state index contributed by atoms with van der Waals surface area (Å²) >= 11 is 0. The zero-order valence-corrected chi connectivity index (χ0v) is 29.7. The van der Waals surface area contributed by atoms with E-state index in [2.05, 4.69) is 10.6 Å². The molecule has 1 aliphatic carbocycles. The highest BCUT2D eigenvalue weighted by atomic mass is 16.5. The summed E-state index contributed by atoms with van der Waals surface area (Å²) in [6.45, 7) is 3.75. The van der Waals surface area contributed by atoms with Gasteiger partial charge in [-0.05, 0) is 73.1 Å². The maximum absolute atomic E-state index is 13.8. The molecule has 2 fully saturated rings. The van der Waals surface area contributed by atoms with Crippen LogP contribution in [0.5, 0.6) is 5.75 Å². The summed E-state index contributed by atoms with van der Waals surface area (Å²) in [5, 5.41) is 27.7. The van der Waals surface area contributed by atoms with E-state index in [0.717, 1.165) is 29.7 Å². The number of amides is 3. The Hall–Kier alpha value is -4.90. The SMILES string of the molecule is CCCC(=O)N1C(c2ccccc2)N(c2ccc(CC(NC(=O)C3(CCNC(C)=O)CCCC3)C(=O)O)cc2)[C@H](O)[C@H]1Cc1ccc(OC)cc1. The molecule has 4 N–H and O–H groups in total. The van der Waals surface area contributed by atoms with Crippen molar-refractivity contribution in [2.75, 3.05) is 18.6 Å². The number of nitrogens with zero attached hydrogens (tertiary/aromatic N) is 2. The molecule has 1 saturated heterocycles. The number of anilines is 1. The third-order valence-corrected chi connectivity index (χ3v) is 10.3. The van der Waals surface area contributed by atoms with Gasteiger partial charge in [-0.25, -0.2) is 4.79 Å². The van der Waals surface area contributed by atoms with Crippen LogP contribution in [0, 0.1) is 5.41 Å². The fourth-order valence-corrected chi connectivity index (χ4v) is 7.57. The Morgan fingerprint density at radius 3 is 2.18 bits per heavy atom. The number of ether oxygens (including phenoxy) is 1. The molecule has 11 nitrogen and oxygen atoms in total. The molecule has 1 saturated carbocycles. The zero-order chi connectivity index (χ0) is 36.5. The molecule has 0 bridgehead atoms. The number of carbonyl (C=O) groups is 4. The van der Waals surface area contributed by atoms with Crippen molar-refractivity contribution < 1.29 is 34.1 Å². The van der Waals surface area contributed by atoms with Gasteiger partial charge < -0.3 is 35.4 Å². The summed E-state index contributed by atoms with van der Waals surface area (Å²) in [6, 6.07) is 22.9. The van der Waals surface area contributed by atoms with Crippen molar-refractivity contribution in [2.45, 2.75) is 96.1 Å². The number of carboxylic acids is 1. The maximum atomic E-state index is 13.8. The summed E-state index contributed by atoms with van der Waals surface area (Å²) in [7, 11) is 1.61. The number of carbonyl (C=O) groups excluding carboxylic acids is 3. The van der Waals surface area contributed by atoms with E-state index >= 15 is 0 Å². The first-order chi connectivity index (χ1) is 24.6. The molecular weight excluding hydrogens is 648 g/mol. The molecule has 5 rings (SSSR count). The average Bonchev–Trinajstić information content (AvgIpc) is 3.72. The van der Waals surface area contributed by atoms with Crippen molar-refractivity contribution >= 4 is 29.4 Å². The summed E-state index contributed by atoms with van der Waals surface area (Å²) < 4.78 is 5.33.